The highest BCUT2D eigenvalue weighted by Crippen LogP contribution is 2.20. The van der Waals surface area contributed by atoms with E-state index in [1.165, 1.54) is 0 Å². The van der Waals surface area contributed by atoms with Gasteiger partial charge in [-0.15, -0.1) is 0 Å². The van der Waals surface area contributed by atoms with Crippen molar-refractivity contribution in [2.75, 3.05) is 34.5 Å². The van der Waals surface area contributed by atoms with Crippen molar-refractivity contribution in [3.05, 3.63) is 70.0 Å². The van der Waals surface area contributed by atoms with Gasteiger partial charge in [-0.25, -0.2) is 0 Å². The molecule has 3 rings (SSSR count). The number of aromatic amines is 1. The highest BCUT2D eigenvalue weighted by molar-refractivity contribution is 7.80. The number of hydrogen-bond donors (Lipinski definition) is 2. The highest BCUT2D eigenvalue weighted by Gasteiger charge is 2.14. The Morgan fingerprint density at radius 3 is 2.41 bits per heavy atom. The van der Waals surface area contributed by atoms with E-state index < -0.39 is 0 Å². The van der Waals surface area contributed by atoms with Crippen LogP contribution in [0.25, 0.3) is 10.9 Å². The molecule has 0 radical (unpaired) electrons. The molecule has 0 aliphatic rings. The minimum absolute atomic E-state index is 0.135. The largest absolute Gasteiger partial charge is 0.497 e. The van der Waals surface area contributed by atoms with Crippen LogP contribution in [0.2, 0.25) is 0 Å². The maximum absolute atomic E-state index is 12.8. The van der Waals surface area contributed by atoms with Gasteiger partial charge in [-0.05, 0) is 60.6 Å². The van der Waals surface area contributed by atoms with Crippen molar-refractivity contribution in [1.29, 1.82) is 0 Å². The molecule has 2 aromatic carbocycles. The summed E-state index contributed by atoms with van der Waals surface area (Å²) in [7, 11) is 4.94. The summed E-state index contributed by atoms with van der Waals surface area (Å²) in [6, 6.07) is 15.3. The second-order valence-corrected chi connectivity index (χ2v) is 7.75. The van der Waals surface area contributed by atoms with Gasteiger partial charge in [0.05, 0.1) is 20.8 Å². The van der Waals surface area contributed by atoms with Crippen molar-refractivity contribution in [2.45, 2.75) is 19.5 Å². The number of H-pyrrole nitrogens is 1. The molecule has 32 heavy (non-hydrogen) atoms. The third kappa shape index (κ3) is 6.21. The van der Waals surface area contributed by atoms with Gasteiger partial charge in [0.2, 0.25) is 0 Å². The molecule has 7 nitrogen and oxygen atoms in total. The minimum Gasteiger partial charge on any atom is -0.497 e. The molecule has 0 bridgehead atoms. The SMILES string of the molecule is COCCCNC(=S)N(Cc1ccc(OC)cc1)Cc1cc2cc(OC)ccc2[nH]c1=O. The first kappa shape index (κ1) is 23.6. The fraction of sp³-hybridized carbons (Fsp3) is 0.333. The predicted octanol–water partition coefficient (Wildman–Crippen LogP) is 3.46. The normalized spacial score (nSPS) is 10.7. The number of thiocarbonyl (C=S) groups is 1. The Morgan fingerprint density at radius 1 is 1.00 bits per heavy atom. The van der Waals surface area contributed by atoms with Crippen molar-refractivity contribution in [3.8, 4) is 11.5 Å². The number of nitrogens with zero attached hydrogens (tertiary/aromatic N) is 1. The maximum Gasteiger partial charge on any atom is 0.253 e. The maximum atomic E-state index is 12.8. The van der Waals surface area contributed by atoms with E-state index in [9.17, 15) is 4.79 Å². The number of methoxy groups -OCH3 is 3. The first-order valence-electron chi connectivity index (χ1n) is 10.4. The Hall–Kier alpha value is -3.10. The predicted molar refractivity (Wildman–Crippen MR) is 130 cm³/mol. The third-order valence-electron chi connectivity index (χ3n) is 5.11. The number of nitrogens with one attached hydrogen (secondary N) is 2. The van der Waals surface area contributed by atoms with E-state index in [-0.39, 0.29) is 5.56 Å². The lowest BCUT2D eigenvalue weighted by molar-refractivity contribution is 0.195. The van der Waals surface area contributed by atoms with E-state index in [1.54, 1.807) is 21.3 Å². The lowest BCUT2D eigenvalue weighted by atomic mass is 10.1. The van der Waals surface area contributed by atoms with Gasteiger partial charge in [0.25, 0.3) is 5.56 Å². The molecule has 0 aliphatic carbocycles. The zero-order chi connectivity index (χ0) is 22.9. The highest BCUT2D eigenvalue weighted by atomic mass is 32.1. The summed E-state index contributed by atoms with van der Waals surface area (Å²) in [4.78, 5) is 17.7. The number of fused-ring (bicyclic) bond motifs is 1. The van der Waals surface area contributed by atoms with Gasteiger partial charge in [0.15, 0.2) is 5.11 Å². The van der Waals surface area contributed by atoms with Crippen LogP contribution in [-0.4, -0.2) is 49.5 Å². The standard InChI is InChI=1S/C24H29N3O4S/c1-29-12-4-11-25-24(32)27(15-17-5-7-20(30-2)8-6-17)16-19-13-18-14-21(31-3)9-10-22(18)26-23(19)28/h5-10,13-14H,4,11-12,15-16H2,1-3H3,(H,25,32)(H,26,28). The van der Waals surface area contributed by atoms with Crippen molar-refractivity contribution in [3.63, 3.8) is 0 Å². The molecular formula is C24H29N3O4S. The second-order valence-electron chi connectivity index (χ2n) is 7.36. The van der Waals surface area contributed by atoms with E-state index in [0.29, 0.717) is 36.9 Å². The molecule has 0 fully saturated rings. The summed E-state index contributed by atoms with van der Waals surface area (Å²) in [5, 5.41) is 4.77. The Bertz CT molecular complexity index is 1100. The molecule has 0 spiro atoms. The lowest BCUT2D eigenvalue weighted by Gasteiger charge is -2.26. The monoisotopic (exact) mass is 455 g/mol. The minimum atomic E-state index is -0.135. The van der Waals surface area contributed by atoms with Crippen LogP contribution in [0.1, 0.15) is 17.5 Å². The van der Waals surface area contributed by atoms with Crippen LogP contribution < -0.4 is 20.3 Å². The molecule has 170 valence electrons. The van der Waals surface area contributed by atoms with Gasteiger partial charge in [-0.3, -0.25) is 4.79 Å². The fourth-order valence-corrected chi connectivity index (χ4v) is 3.59. The Kier molecular flexibility index (Phi) is 8.47. The first-order chi connectivity index (χ1) is 15.5. The third-order valence-corrected chi connectivity index (χ3v) is 5.51. The number of aromatic nitrogens is 1. The molecule has 0 saturated carbocycles. The molecule has 0 atom stereocenters. The number of pyridine rings is 1. The van der Waals surface area contributed by atoms with Crippen molar-refractivity contribution in [2.24, 2.45) is 0 Å². The average molecular weight is 456 g/mol. The molecule has 1 heterocycles. The van der Waals surface area contributed by atoms with Crippen LogP contribution in [-0.2, 0) is 17.8 Å². The van der Waals surface area contributed by atoms with Crippen LogP contribution in [0, 0.1) is 0 Å². The van der Waals surface area contributed by atoms with E-state index in [1.807, 2.05) is 53.4 Å². The van der Waals surface area contributed by atoms with E-state index >= 15 is 0 Å². The van der Waals surface area contributed by atoms with Crippen molar-refractivity contribution >= 4 is 28.2 Å². The molecule has 0 aliphatic heterocycles. The quantitative estimate of drug-likeness (QED) is 0.358. The summed E-state index contributed by atoms with van der Waals surface area (Å²) < 4.78 is 15.7. The molecule has 8 heteroatoms. The fourth-order valence-electron chi connectivity index (χ4n) is 3.35. The van der Waals surface area contributed by atoms with Crippen LogP contribution in [0.5, 0.6) is 11.5 Å². The molecule has 3 aromatic rings. The Labute approximate surface area is 193 Å². The van der Waals surface area contributed by atoms with Crippen LogP contribution >= 0.6 is 12.2 Å². The first-order valence-corrected chi connectivity index (χ1v) is 10.8. The molecule has 0 amide bonds. The van der Waals surface area contributed by atoms with Gasteiger partial charge in [0.1, 0.15) is 11.5 Å². The molecule has 0 unspecified atom stereocenters. The van der Waals surface area contributed by atoms with Gasteiger partial charge < -0.3 is 29.4 Å². The molecular weight excluding hydrogens is 426 g/mol. The number of ether oxygens (including phenoxy) is 3. The summed E-state index contributed by atoms with van der Waals surface area (Å²) in [5.41, 5.74) is 2.32. The van der Waals surface area contributed by atoms with E-state index in [4.69, 9.17) is 26.4 Å². The Morgan fingerprint density at radius 2 is 1.72 bits per heavy atom. The Balaban J connectivity index is 1.85. The molecule has 2 N–H and O–H groups in total. The van der Waals surface area contributed by atoms with Crippen LogP contribution in [0.4, 0.5) is 0 Å². The van der Waals surface area contributed by atoms with Crippen molar-refractivity contribution < 1.29 is 14.2 Å². The number of rotatable bonds is 10. The summed E-state index contributed by atoms with van der Waals surface area (Å²) in [6.45, 7) is 2.26. The number of benzene rings is 2. The molecule has 0 saturated heterocycles. The van der Waals surface area contributed by atoms with Crippen LogP contribution in [0.15, 0.2) is 53.3 Å². The summed E-state index contributed by atoms with van der Waals surface area (Å²) >= 11 is 5.67. The summed E-state index contributed by atoms with van der Waals surface area (Å²) in [5.74, 6) is 1.53. The van der Waals surface area contributed by atoms with E-state index in [0.717, 1.165) is 34.4 Å². The number of hydrogen-bond acceptors (Lipinski definition) is 5. The second kappa shape index (κ2) is 11.5. The topological polar surface area (TPSA) is 75.8 Å². The van der Waals surface area contributed by atoms with Crippen LogP contribution in [0.3, 0.4) is 0 Å². The lowest BCUT2D eigenvalue weighted by Crippen LogP contribution is -2.40. The zero-order valence-corrected chi connectivity index (χ0v) is 19.5. The van der Waals surface area contributed by atoms with E-state index in [2.05, 4.69) is 10.3 Å². The van der Waals surface area contributed by atoms with Gasteiger partial charge in [-0.2, -0.15) is 0 Å². The van der Waals surface area contributed by atoms with Gasteiger partial charge in [-0.1, -0.05) is 12.1 Å². The smallest absolute Gasteiger partial charge is 0.253 e. The van der Waals surface area contributed by atoms with Crippen molar-refractivity contribution in [1.82, 2.24) is 15.2 Å². The summed E-state index contributed by atoms with van der Waals surface area (Å²) in [6.07, 6.45) is 0.837. The van der Waals surface area contributed by atoms with Gasteiger partial charge >= 0.3 is 0 Å². The molecule has 1 aromatic heterocycles. The average Bonchev–Trinajstić information content (AvgIpc) is 2.81. The zero-order valence-electron chi connectivity index (χ0n) is 18.6. The van der Waals surface area contributed by atoms with Gasteiger partial charge in [0, 0.05) is 43.3 Å².